The zero-order chi connectivity index (χ0) is 12.4. The van der Waals surface area contributed by atoms with Crippen LogP contribution >= 0.6 is 0 Å². The molecule has 90 valence electrons. The largest absolute Gasteiger partial charge is 0.330 e. The van der Waals surface area contributed by atoms with Crippen LogP contribution in [0.3, 0.4) is 0 Å². The van der Waals surface area contributed by atoms with Gasteiger partial charge in [-0.15, -0.1) is 0 Å². The summed E-state index contributed by atoms with van der Waals surface area (Å²) < 4.78 is 2.00. The van der Waals surface area contributed by atoms with Crippen molar-refractivity contribution in [2.24, 2.45) is 5.73 Å². The molecule has 2 rings (SSSR count). The zero-order valence-corrected chi connectivity index (χ0v) is 10.7. The van der Waals surface area contributed by atoms with E-state index in [9.17, 15) is 0 Å². The van der Waals surface area contributed by atoms with Crippen LogP contribution in [-0.2, 0) is 6.42 Å². The van der Waals surface area contributed by atoms with Crippen molar-refractivity contribution in [2.45, 2.75) is 27.2 Å². The van der Waals surface area contributed by atoms with Crippen molar-refractivity contribution < 1.29 is 0 Å². The van der Waals surface area contributed by atoms with E-state index in [1.807, 2.05) is 11.6 Å². The molecule has 0 saturated carbocycles. The van der Waals surface area contributed by atoms with E-state index in [0.29, 0.717) is 6.54 Å². The molecule has 0 bridgehead atoms. The van der Waals surface area contributed by atoms with Gasteiger partial charge in [0, 0.05) is 5.69 Å². The lowest BCUT2D eigenvalue weighted by Gasteiger charge is -2.06. The molecule has 0 saturated heterocycles. The Morgan fingerprint density at radius 3 is 2.24 bits per heavy atom. The number of nitrogens with zero attached hydrogens (tertiary/aromatic N) is 2. The molecule has 2 N–H and O–H groups in total. The maximum atomic E-state index is 5.54. The predicted molar refractivity (Wildman–Crippen MR) is 70.5 cm³/mol. The van der Waals surface area contributed by atoms with Gasteiger partial charge >= 0.3 is 0 Å². The number of rotatable bonds is 3. The molecule has 0 amide bonds. The smallest absolute Gasteiger partial charge is 0.0649 e. The molecule has 17 heavy (non-hydrogen) atoms. The van der Waals surface area contributed by atoms with E-state index < -0.39 is 0 Å². The van der Waals surface area contributed by atoms with Crippen LogP contribution in [-0.4, -0.2) is 16.3 Å². The highest BCUT2D eigenvalue weighted by atomic mass is 15.3. The van der Waals surface area contributed by atoms with Gasteiger partial charge < -0.3 is 5.73 Å². The molecule has 2 aromatic rings. The third-order valence-corrected chi connectivity index (χ3v) is 3.27. The van der Waals surface area contributed by atoms with Gasteiger partial charge in [-0.3, -0.25) is 0 Å². The minimum absolute atomic E-state index is 0.693. The Morgan fingerprint density at radius 1 is 1.12 bits per heavy atom. The summed E-state index contributed by atoms with van der Waals surface area (Å²) >= 11 is 0. The van der Waals surface area contributed by atoms with Gasteiger partial charge in [-0.1, -0.05) is 12.1 Å². The number of aryl methyl sites for hydroxylation is 1. The summed E-state index contributed by atoms with van der Waals surface area (Å²) in [5.41, 5.74) is 11.5. The third-order valence-electron chi connectivity index (χ3n) is 3.27. The monoisotopic (exact) mass is 229 g/mol. The van der Waals surface area contributed by atoms with Crippen LogP contribution in [0.25, 0.3) is 5.69 Å². The van der Waals surface area contributed by atoms with Gasteiger partial charge in [0.2, 0.25) is 0 Å². The molecule has 0 atom stereocenters. The molecule has 0 unspecified atom stereocenters. The van der Waals surface area contributed by atoms with Crippen LogP contribution < -0.4 is 5.73 Å². The normalized spacial score (nSPS) is 10.8. The first-order valence-electron chi connectivity index (χ1n) is 5.95. The minimum Gasteiger partial charge on any atom is -0.330 e. The number of aromatic nitrogens is 2. The first-order valence-corrected chi connectivity index (χ1v) is 5.95. The summed E-state index contributed by atoms with van der Waals surface area (Å²) in [4.78, 5) is 0. The Labute approximate surface area is 102 Å². The average Bonchev–Trinajstić information content (AvgIpc) is 2.59. The molecule has 1 aromatic carbocycles. The molecule has 1 heterocycles. The van der Waals surface area contributed by atoms with Gasteiger partial charge in [0.15, 0.2) is 0 Å². The lowest BCUT2D eigenvalue weighted by molar-refractivity contribution is 0.831. The fourth-order valence-electron chi connectivity index (χ4n) is 1.94. The van der Waals surface area contributed by atoms with Gasteiger partial charge in [-0.05, 0) is 57.0 Å². The molecule has 0 fully saturated rings. The summed E-state index contributed by atoms with van der Waals surface area (Å²) in [5.74, 6) is 0. The molecule has 3 heteroatoms. The third kappa shape index (κ3) is 2.24. The van der Waals surface area contributed by atoms with Gasteiger partial charge in [-0.2, -0.15) is 5.10 Å². The van der Waals surface area contributed by atoms with Gasteiger partial charge in [0.1, 0.15) is 0 Å². The van der Waals surface area contributed by atoms with Crippen LogP contribution in [0.2, 0.25) is 0 Å². The van der Waals surface area contributed by atoms with Crippen LogP contribution in [0, 0.1) is 20.8 Å². The number of benzene rings is 1. The van der Waals surface area contributed by atoms with E-state index in [-0.39, 0.29) is 0 Å². The molecular formula is C14H19N3. The number of hydrogen-bond acceptors (Lipinski definition) is 2. The zero-order valence-electron chi connectivity index (χ0n) is 10.7. The highest BCUT2D eigenvalue weighted by molar-refractivity contribution is 5.38. The second kappa shape index (κ2) is 4.72. The molecule has 3 nitrogen and oxygen atoms in total. The fraction of sp³-hybridized carbons (Fsp3) is 0.357. The Balaban J connectivity index is 2.36. The van der Waals surface area contributed by atoms with Gasteiger partial charge in [-0.25, -0.2) is 4.68 Å². The fourth-order valence-corrected chi connectivity index (χ4v) is 1.94. The summed E-state index contributed by atoms with van der Waals surface area (Å²) in [7, 11) is 0. The maximum Gasteiger partial charge on any atom is 0.0649 e. The van der Waals surface area contributed by atoms with Crippen LogP contribution in [0.15, 0.2) is 24.3 Å². The quantitative estimate of drug-likeness (QED) is 0.877. The van der Waals surface area contributed by atoms with E-state index in [0.717, 1.165) is 17.8 Å². The molecule has 0 aliphatic rings. The Morgan fingerprint density at radius 2 is 1.76 bits per heavy atom. The Hall–Kier alpha value is -1.61. The van der Waals surface area contributed by atoms with Crippen molar-refractivity contribution in [1.82, 2.24) is 9.78 Å². The van der Waals surface area contributed by atoms with Gasteiger partial charge in [0.05, 0.1) is 11.4 Å². The molecular weight excluding hydrogens is 210 g/mol. The summed E-state index contributed by atoms with van der Waals surface area (Å²) in [6.45, 7) is 6.94. The van der Waals surface area contributed by atoms with E-state index in [2.05, 4.69) is 43.2 Å². The van der Waals surface area contributed by atoms with E-state index in [1.165, 1.54) is 16.8 Å². The topological polar surface area (TPSA) is 43.8 Å². The van der Waals surface area contributed by atoms with Crippen molar-refractivity contribution in [2.75, 3.05) is 6.54 Å². The van der Waals surface area contributed by atoms with Crippen molar-refractivity contribution in [3.63, 3.8) is 0 Å². The van der Waals surface area contributed by atoms with Gasteiger partial charge in [0.25, 0.3) is 0 Å². The van der Waals surface area contributed by atoms with Crippen molar-refractivity contribution in [3.05, 3.63) is 46.8 Å². The highest BCUT2D eigenvalue weighted by Crippen LogP contribution is 2.17. The first kappa shape index (κ1) is 11.9. The summed E-state index contributed by atoms with van der Waals surface area (Å²) in [6.07, 6.45) is 0.927. The van der Waals surface area contributed by atoms with Crippen molar-refractivity contribution in [1.29, 1.82) is 0 Å². The van der Waals surface area contributed by atoms with E-state index >= 15 is 0 Å². The standard InChI is InChI=1S/C14H19N3/c1-10-11(2)16-17(12(10)3)14-6-4-13(5-7-14)8-9-15/h4-7H,8-9,15H2,1-3H3. The van der Waals surface area contributed by atoms with Crippen LogP contribution in [0.5, 0.6) is 0 Å². The molecule has 0 spiro atoms. The summed E-state index contributed by atoms with van der Waals surface area (Å²) in [5, 5.41) is 4.55. The summed E-state index contributed by atoms with van der Waals surface area (Å²) in [6, 6.07) is 8.44. The Bertz CT molecular complexity index is 509. The van der Waals surface area contributed by atoms with E-state index in [4.69, 9.17) is 5.73 Å². The second-order valence-electron chi connectivity index (χ2n) is 4.41. The molecule has 0 aliphatic heterocycles. The van der Waals surface area contributed by atoms with Crippen molar-refractivity contribution >= 4 is 0 Å². The lowest BCUT2D eigenvalue weighted by Crippen LogP contribution is -2.03. The number of nitrogens with two attached hydrogens (primary N) is 1. The second-order valence-corrected chi connectivity index (χ2v) is 4.41. The predicted octanol–water partition coefficient (Wildman–Crippen LogP) is 2.30. The highest BCUT2D eigenvalue weighted by Gasteiger charge is 2.08. The SMILES string of the molecule is Cc1nn(-c2ccc(CCN)cc2)c(C)c1C. The molecule has 0 radical (unpaired) electrons. The molecule has 0 aliphatic carbocycles. The van der Waals surface area contributed by atoms with Crippen LogP contribution in [0.1, 0.15) is 22.5 Å². The lowest BCUT2D eigenvalue weighted by atomic mass is 10.1. The minimum atomic E-state index is 0.693. The first-order chi connectivity index (χ1) is 8.13. The number of hydrogen-bond donors (Lipinski definition) is 1. The molecule has 1 aromatic heterocycles. The maximum absolute atomic E-state index is 5.54. The average molecular weight is 229 g/mol. The van der Waals surface area contributed by atoms with Crippen molar-refractivity contribution in [3.8, 4) is 5.69 Å². The Kier molecular flexibility index (Phi) is 3.29. The van der Waals surface area contributed by atoms with E-state index in [1.54, 1.807) is 0 Å². The van der Waals surface area contributed by atoms with Crippen LogP contribution in [0.4, 0.5) is 0 Å².